The minimum atomic E-state index is 0. The monoisotopic (exact) mass is 464 g/mol. The molecular formula is O2PtSi2Ta. The largest absolute Gasteiger partial charge is 4.00 e. The van der Waals surface area contributed by atoms with E-state index in [1.807, 2.05) is 0 Å². The summed E-state index contributed by atoms with van der Waals surface area (Å²) >= 11 is 0. The van der Waals surface area contributed by atoms with Gasteiger partial charge in [0.1, 0.15) is 0 Å². The molecule has 0 saturated carbocycles. The molecule has 0 bridgehead atoms. The minimum absolute atomic E-state index is 0. The van der Waals surface area contributed by atoms with E-state index < -0.39 is 0 Å². The minimum Gasteiger partial charge on any atom is -2.00 e. The summed E-state index contributed by atoms with van der Waals surface area (Å²) in [7, 11) is 0. The van der Waals surface area contributed by atoms with Gasteiger partial charge in [-0.15, -0.1) is 0 Å². The van der Waals surface area contributed by atoms with Gasteiger partial charge >= 0.3 is 22.4 Å². The van der Waals surface area contributed by atoms with Crippen molar-refractivity contribution in [2.24, 2.45) is 0 Å². The molecule has 0 unspecified atom stereocenters. The Bertz CT molecular complexity index is 11.5. The molecule has 0 rings (SSSR count). The fraction of sp³-hybridized carbons (Fsp3) is 0. The summed E-state index contributed by atoms with van der Waals surface area (Å²) in [6.07, 6.45) is 0. The molecule has 0 N–H and O–H groups in total. The van der Waals surface area contributed by atoms with Gasteiger partial charge in [-0.3, -0.25) is 0 Å². The van der Waals surface area contributed by atoms with Gasteiger partial charge in [-0.1, -0.05) is 0 Å². The van der Waals surface area contributed by atoms with Gasteiger partial charge in [-0.25, -0.2) is 0 Å². The van der Waals surface area contributed by atoms with Crippen LogP contribution >= 0.6 is 0 Å². The van der Waals surface area contributed by atoms with Gasteiger partial charge in [0, 0.05) is 43.0 Å². The second-order valence-corrected chi connectivity index (χ2v) is 0. The predicted molar refractivity (Wildman–Crippen MR) is 12.9 cm³/mol. The van der Waals surface area contributed by atoms with Crippen molar-refractivity contribution in [3.63, 3.8) is 0 Å². The van der Waals surface area contributed by atoms with Crippen molar-refractivity contribution in [2.45, 2.75) is 0 Å². The molecule has 0 heterocycles. The van der Waals surface area contributed by atoms with E-state index >= 15 is 0 Å². The Labute approximate surface area is 75.9 Å². The van der Waals surface area contributed by atoms with Crippen LogP contribution in [0.15, 0.2) is 0 Å². The molecule has 0 aromatic carbocycles. The Kier molecular flexibility index (Phi) is 1340. The molecule has 0 aromatic rings. The van der Waals surface area contributed by atoms with Crippen molar-refractivity contribution in [3.05, 3.63) is 0 Å². The van der Waals surface area contributed by atoms with Crippen LogP contribution in [-0.4, -0.2) is 21.9 Å². The van der Waals surface area contributed by atoms with Crippen molar-refractivity contribution in [2.75, 3.05) is 0 Å². The first-order chi connectivity index (χ1) is 0. The molecule has 0 aliphatic rings. The topological polar surface area (TPSA) is 57.0 Å². The number of hydrogen-bond donors (Lipinski definition) is 0. The molecule has 0 amide bonds. The van der Waals surface area contributed by atoms with E-state index in [9.17, 15) is 0 Å². The van der Waals surface area contributed by atoms with E-state index in [1.54, 1.807) is 0 Å². The van der Waals surface area contributed by atoms with E-state index in [4.69, 9.17) is 0 Å². The maximum atomic E-state index is 0. The number of rotatable bonds is 0. The van der Waals surface area contributed by atoms with Crippen LogP contribution in [-0.2, 0) is 54.4 Å². The molecule has 0 fully saturated rings. The zero-order valence-electron chi connectivity index (χ0n) is 2.58. The van der Waals surface area contributed by atoms with E-state index in [-0.39, 0.29) is 76.3 Å². The van der Waals surface area contributed by atoms with Crippen LogP contribution in [0.4, 0.5) is 0 Å². The summed E-state index contributed by atoms with van der Waals surface area (Å²) in [5.74, 6) is 0. The molecule has 6 heteroatoms. The van der Waals surface area contributed by atoms with Gasteiger partial charge in [0.25, 0.3) is 0 Å². The Morgan fingerprint density at radius 3 is 0.667 bits per heavy atom. The molecular weight excluding hydrogens is 464 g/mol. The molecule has 6 heavy (non-hydrogen) atoms. The van der Waals surface area contributed by atoms with Gasteiger partial charge in [-0.05, 0) is 0 Å². The normalized spacial score (nSPS) is 0. The summed E-state index contributed by atoms with van der Waals surface area (Å²) < 4.78 is 0. The molecule has 0 atom stereocenters. The fourth-order valence-electron chi connectivity index (χ4n) is 0. The molecule has 2 nitrogen and oxygen atoms in total. The third-order valence-corrected chi connectivity index (χ3v) is 0. The summed E-state index contributed by atoms with van der Waals surface area (Å²) in [6.45, 7) is 0. The average Bonchev–Trinajstić information content (AvgIpc) is 0. The molecule has 0 aliphatic heterocycles. The standard InChI is InChI=1S/2O.Pt.2Si.Ta/q2*-2;;;;+4. The zero-order chi connectivity index (χ0) is 0. The second kappa shape index (κ2) is 71.4. The van der Waals surface area contributed by atoms with Gasteiger partial charge in [0.05, 0.1) is 0 Å². The predicted octanol–water partition coefficient (Wildman–Crippen LogP) is -1.00. The first-order valence-electron chi connectivity index (χ1n) is 0. The van der Waals surface area contributed by atoms with Crippen LogP contribution < -0.4 is 0 Å². The third kappa shape index (κ3) is 41.6. The first-order valence-corrected chi connectivity index (χ1v) is 0. The van der Waals surface area contributed by atoms with Crippen molar-refractivity contribution >= 4 is 21.9 Å². The first kappa shape index (κ1) is 113. The summed E-state index contributed by atoms with van der Waals surface area (Å²) in [6, 6.07) is 0. The molecule has 0 aliphatic carbocycles. The van der Waals surface area contributed by atoms with Crippen LogP contribution in [0.3, 0.4) is 0 Å². The van der Waals surface area contributed by atoms with Gasteiger partial charge in [-0.2, -0.15) is 0 Å². The summed E-state index contributed by atoms with van der Waals surface area (Å²) in [5.41, 5.74) is 0. The Morgan fingerprint density at radius 1 is 0.667 bits per heavy atom. The van der Waals surface area contributed by atoms with Crippen LogP contribution in [0, 0.1) is 0 Å². The van der Waals surface area contributed by atoms with E-state index in [1.165, 1.54) is 0 Å². The van der Waals surface area contributed by atoms with Gasteiger partial charge in [0.2, 0.25) is 0 Å². The van der Waals surface area contributed by atoms with Crippen molar-refractivity contribution < 1.29 is 54.4 Å². The van der Waals surface area contributed by atoms with Crippen LogP contribution in [0.2, 0.25) is 0 Å². The van der Waals surface area contributed by atoms with Crippen molar-refractivity contribution in [1.29, 1.82) is 0 Å². The maximum Gasteiger partial charge on any atom is 4.00 e. The SMILES string of the molecule is [O-2].[O-2].[Pt].[Si].[Si].[Ta+4]. The van der Waals surface area contributed by atoms with E-state index in [2.05, 4.69) is 0 Å². The Hall–Kier alpha value is 1.78. The molecule has 9 radical (unpaired) electrons. The van der Waals surface area contributed by atoms with E-state index in [0.717, 1.165) is 0 Å². The van der Waals surface area contributed by atoms with Crippen molar-refractivity contribution in [1.82, 2.24) is 0 Å². The molecule has 0 spiro atoms. The average molecular weight is 464 g/mol. The fourth-order valence-corrected chi connectivity index (χ4v) is 0. The molecule has 0 saturated heterocycles. The van der Waals surface area contributed by atoms with Crippen LogP contribution in [0.5, 0.6) is 0 Å². The third-order valence-electron chi connectivity index (χ3n) is 0. The molecule has 35 valence electrons. The summed E-state index contributed by atoms with van der Waals surface area (Å²) in [5, 5.41) is 0. The van der Waals surface area contributed by atoms with Crippen LogP contribution in [0.1, 0.15) is 0 Å². The Balaban J connectivity index is 0. The van der Waals surface area contributed by atoms with Crippen molar-refractivity contribution in [3.8, 4) is 0 Å². The maximum absolute atomic E-state index is 0. The zero-order valence-corrected chi connectivity index (χ0v) is 10.1. The quantitative estimate of drug-likeness (QED) is 0.414. The second-order valence-electron chi connectivity index (χ2n) is 0. The van der Waals surface area contributed by atoms with Crippen LogP contribution in [0.25, 0.3) is 0 Å². The Morgan fingerprint density at radius 2 is 0.667 bits per heavy atom. The van der Waals surface area contributed by atoms with Gasteiger partial charge < -0.3 is 11.0 Å². The molecule has 0 aromatic heterocycles. The van der Waals surface area contributed by atoms with Gasteiger partial charge in [0.15, 0.2) is 0 Å². The summed E-state index contributed by atoms with van der Waals surface area (Å²) in [4.78, 5) is 0. The number of hydrogen-bond acceptors (Lipinski definition) is 0. The van der Waals surface area contributed by atoms with E-state index in [0.29, 0.717) is 0 Å². The smallest absolute Gasteiger partial charge is 2.00 e.